The normalized spacial score (nSPS) is 14.6. The second-order valence-corrected chi connectivity index (χ2v) is 10.5. The Bertz CT molecular complexity index is 1460. The van der Waals surface area contributed by atoms with Gasteiger partial charge in [-0.25, -0.2) is 13.2 Å². The zero-order valence-corrected chi connectivity index (χ0v) is 22.9. The Kier molecular flexibility index (Phi) is 8.29. The monoisotopic (exact) mass is 554 g/mol. The number of carbonyl (C=O) groups excluding carboxylic acids is 2. The van der Waals surface area contributed by atoms with Gasteiger partial charge in [0.25, 0.3) is 10.0 Å². The Hall–Kier alpha value is -4.25. The second-order valence-electron chi connectivity index (χ2n) is 8.69. The van der Waals surface area contributed by atoms with Crippen LogP contribution in [0.4, 0.5) is 11.4 Å². The number of rotatable bonds is 9. The van der Waals surface area contributed by atoms with E-state index in [-0.39, 0.29) is 22.9 Å². The van der Waals surface area contributed by atoms with E-state index in [1.807, 2.05) is 6.92 Å². The molecule has 0 saturated heterocycles. The zero-order valence-electron chi connectivity index (χ0n) is 22.1. The van der Waals surface area contributed by atoms with E-state index in [9.17, 15) is 18.0 Å². The van der Waals surface area contributed by atoms with Gasteiger partial charge in [-0.05, 0) is 67.9 Å². The highest BCUT2D eigenvalue weighted by molar-refractivity contribution is 7.93. The van der Waals surface area contributed by atoms with Gasteiger partial charge in [0.05, 0.1) is 38.7 Å². The first-order valence-electron chi connectivity index (χ1n) is 12.2. The molecule has 11 heteroatoms. The molecule has 1 heterocycles. The summed E-state index contributed by atoms with van der Waals surface area (Å²) in [5.74, 6) is -0.206. The molecule has 10 nitrogen and oxygen atoms in total. The van der Waals surface area contributed by atoms with Gasteiger partial charge in [0.2, 0.25) is 12.0 Å². The first kappa shape index (κ1) is 27.8. The predicted octanol–water partition coefficient (Wildman–Crippen LogP) is 3.56. The molecule has 3 aromatic rings. The quantitative estimate of drug-likeness (QED) is 0.369. The van der Waals surface area contributed by atoms with E-state index in [0.717, 1.165) is 4.31 Å². The fourth-order valence-electron chi connectivity index (χ4n) is 4.23. The number of aryl methyl sites for hydroxylation is 1. The molecule has 1 aliphatic rings. The number of nitrogens with zero attached hydrogens (tertiary/aromatic N) is 2. The topological polar surface area (TPSA) is 112 Å². The van der Waals surface area contributed by atoms with Crippen molar-refractivity contribution >= 4 is 33.3 Å². The summed E-state index contributed by atoms with van der Waals surface area (Å²) in [4.78, 5) is 27.4. The number of sulfonamides is 1. The number of esters is 1. The molecule has 39 heavy (non-hydrogen) atoms. The number of methoxy groups -OCH3 is 2. The van der Waals surface area contributed by atoms with Crippen molar-refractivity contribution in [3.8, 4) is 17.2 Å². The molecule has 206 valence electrons. The summed E-state index contributed by atoms with van der Waals surface area (Å²) >= 11 is 0. The minimum atomic E-state index is -4.29. The van der Waals surface area contributed by atoms with E-state index in [4.69, 9.17) is 18.9 Å². The molecule has 3 aromatic carbocycles. The van der Waals surface area contributed by atoms with Gasteiger partial charge in [-0.2, -0.15) is 0 Å². The summed E-state index contributed by atoms with van der Waals surface area (Å²) in [6.07, 6.45) is -1.07. The third-order valence-electron chi connectivity index (χ3n) is 6.14. The Morgan fingerprint density at radius 2 is 1.77 bits per heavy atom. The van der Waals surface area contributed by atoms with Crippen LogP contribution in [0.15, 0.2) is 71.6 Å². The summed E-state index contributed by atoms with van der Waals surface area (Å²) in [6.45, 7) is 3.35. The van der Waals surface area contributed by atoms with Crippen LogP contribution < -0.4 is 23.4 Å². The number of ether oxygens (including phenoxy) is 4. The van der Waals surface area contributed by atoms with E-state index in [1.165, 1.54) is 25.2 Å². The molecule has 0 fully saturated rings. The number of benzene rings is 3. The maximum atomic E-state index is 14.1. The van der Waals surface area contributed by atoms with E-state index in [1.54, 1.807) is 67.6 Å². The lowest BCUT2D eigenvalue weighted by atomic mass is 10.2. The standard InChI is InChI=1S/C28H30N2O8S/c1-5-37-21-13-11-20(12-14-21)30(39(33,34)26-16-19(2)10-15-24(26)35-3)18-27(31)29-17-25(28(32)36-4)38-23-9-7-6-8-22(23)29/h6-16,25H,5,17-18H2,1-4H3. The highest BCUT2D eigenvalue weighted by atomic mass is 32.2. The zero-order chi connectivity index (χ0) is 28.2. The Morgan fingerprint density at radius 1 is 1.05 bits per heavy atom. The lowest BCUT2D eigenvalue weighted by Crippen LogP contribution is -2.51. The van der Waals surface area contributed by atoms with Crippen molar-refractivity contribution < 1.29 is 37.0 Å². The highest BCUT2D eigenvalue weighted by Gasteiger charge is 2.37. The smallest absolute Gasteiger partial charge is 0.348 e. The molecule has 0 aliphatic carbocycles. The first-order valence-corrected chi connectivity index (χ1v) is 13.7. The molecule has 0 N–H and O–H groups in total. The van der Waals surface area contributed by atoms with Gasteiger partial charge in [0.1, 0.15) is 28.7 Å². The minimum absolute atomic E-state index is 0.0819. The molecule has 0 aromatic heterocycles. The lowest BCUT2D eigenvalue weighted by molar-refractivity contribution is -0.148. The molecule has 1 atom stereocenters. The molecule has 1 amide bonds. The Balaban J connectivity index is 1.77. The molecular weight excluding hydrogens is 524 g/mol. The lowest BCUT2D eigenvalue weighted by Gasteiger charge is -2.35. The molecule has 4 rings (SSSR count). The van der Waals surface area contributed by atoms with Crippen LogP contribution in [0.1, 0.15) is 12.5 Å². The van der Waals surface area contributed by atoms with Crippen LogP contribution in [0, 0.1) is 6.92 Å². The fraction of sp³-hybridized carbons (Fsp3) is 0.286. The number of hydrogen-bond acceptors (Lipinski definition) is 8. The molecular formula is C28H30N2O8S. The highest BCUT2D eigenvalue weighted by Crippen LogP contribution is 2.35. The number of amides is 1. The fourth-order valence-corrected chi connectivity index (χ4v) is 5.89. The van der Waals surface area contributed by atoms with Crippen LogP contribution in [-0.4, -0.2) is 60.3 Å². The van der Waals surface area contributed by atoms with Crippen LogP contribution in [-0.2, 0) is 24.3 Å². The summed E-state index contributed by atoms with van der Waals surface area (Å²) in [6, 6.07) is 17.9. The number of fused-ring (bicyclic) bond motifs is 1. The summed E-state index contributed by atoms with van der Waals surface area (Å²) in [7, 11) is -1.68. The summed E-state index contributed by atoms with van der Waals surface area (Å²) < 4.78 is 50.7. The van der Waals surface area contributed by atoms with Gasteiger partial charge in [0, 0.05) is 0 Å². The second kappa shape index (κ2) is 11.6. The van der Waals surface area contributed by atoms with Crippen molar-refractivity contribution in [3.63, 3.8) is 0 Å². The van der Waals surface area contributed by atoms with Crippen LogP contribution >= 0.6 is 0 Å². The van der Waals surface area contributed by atoms with Crippen molar-refractivity contribution in [1.29, 1.82) is 0 Å². The summed E-state index contributed by atoms with van der Waals surface area (Å²) in [5, 5.41) is 0. The number of anilines is 2. The molecule has 0 radical (unpaired) electrons. The third-order valence-corrected chi connectivity index (χ3v) is 7.94. The number of para-hydroxylation sites is 2. The number of hydrogen-bond donors (Lipinski definition) is 0. The molecule has 0 bridgehead atoms. The van der Waals surface area contributed by atoms with Crippen LogP contribution in [0.3, 0.4) is 0 Å². The first-order chi connectivity index (χ1) is 18.7. The van der Waals surface area contributed by atoms with E-state index >= 15 is 0 Å². The minimum Gasteiger partial charge on any atom is -0.495 e. The van der Waals surface area contributed by atoms with Crippen molar-refractivity contribution in [3.05, 3.63) is 72.3 Å². The molecule has 0 saturated carbocycles. The van der Waals surface area contributed by atoms with E-state index < -0.39 is 34.5 Å². The van der Waals surface area contributed by atoms with Crippen LogP contribution in [0.25, 0.3) is 0 Å². The van der Waals surface area contributed by atoms with Crippen LogP contribution in [0.2, 0.25) is 0 Å². The van der Waals surface area contributed by atoms with Crippen molar-refractivity contribution in [2.45, 2.75) is 24.8 Å². The third kappa shape index (κ3) is 5.78. The maximum Gasteiger partial charge on any atom is 0.348 e. The Morgan fingerprint density at radius 3 is 2.44 bits per heavy atom. The number of carbonyl (C=O) groups is 2. The molecule has 0 spiro atoms. The van der Waals surface area contributed by atoms with E-state index in [2.05, 4.69) is 0 Å². The van der Waals surface area contributed by atoms with Gasteiger partial charge >= 0.3 is 5.97 Å². The maximum absolute atomic E-state index is 14.1. The predicted molar refractivity (Wildman–Crippen MR) is 145 cm³/mol. The van der Waals surface area contributed by atoms with E-state index in [0.29, 0.717) is 29.4 Å². The van der Waals surface area contributed by atoms with Gasteiger partial charge in [-0.15, -0.1) is 0 Å². The average molecular weight is 555 g/mol. The largest absolute Gasteiger partial charge is 0.495 e. The van der Waals surface area contributed by atoms with Crippen molar-refractivity contribution in [2.75, 3.05) is 43.1 Å². The van der Waals surface area contributed by atoms with Gasteiger partial charge in [0.15, 0.2) is 0 Å². The van der Waals surface area contributed by atoms with Gasteiger partial charge in [-0.1, -0.05) is 18.2 Å². The molecule has 1 unspecified atom stereocenters. The SMILES string of the molecule is CCOc1ccc(N(CC(=O)N2CC(C(=O)OC)Oc3ccccc32)S(=O)(=O)c2cc(C)ccc2OC)cc1. The molecule has 1 aliphatic heterocycles. The summed E-state index contributed by atoms with van der Waals surface area (Å²) in [5.41, 5.74) is 1.37. The average Bonchev–Trinajstić information content (AvgIpc) is 2.95. The van der Waals surface area contributed by atoms with Gasteiger partial charge in [-0.3, -0.25) is 9.10 Å². The Labute approximate surface area is 227 Å². The van der Waals surface area contributed by atoms with Gasteiger partial charge < -0.3 is 23.8 Å². The van der Waals surface area contributed by atoms with Crippen LogP contribution in [0.5, 0.6) is 17.2 Å². The van der Waals surface area contributed by atoms with Crippen molar-refractivity contribution in [2.24, 2.45) is 0 Å². The van der Waals surface area contributed by atoms with Crippen molar-refractivity contribution in [1.82, 2.24) is 0 Å².